The number of carbonyl (C=O) groups is 1. The van der Waals surface area contributed by atoms with Gasteiger partial charge in [-0.2, -0.15) is 0 Å². The lowest BCUT2D eigenvalue weighted by Gasteiger charge is -2.37. The first kappa shape index (κ1) is 18.5. The van der Waals surface area contributed by atoms with Gasteiger partial charge in [0.1, 0.15) is 5.82 Å². The molecule has 2 aromatic carbocycles. The number of benzene rings is 2. The minimum Gasteiger partial charge on any atom is -0.325 e. The van der Waals surface area contributed by atoms with Crippen LogP contribution >= 0.6 is 0 Å². The predicted octanol–water partition coefficient (Wildman–Crippen LogP) is 3.28. The molecule has 1 atom stereocenters. The number of carbonyl (C=O) groups excluding carboxylic acids is 1. The van der Waals surface area contributed by atoms with Crippen molar-refractivity contribution in [3.05, 3.63) is 65.5 Å². The van der Waals surface area contributed by atoms with Gasteiger partial charge in [-0.1, -0.05) is 36.4 Å². The van der Waals surface area contributed by atoms with E-state index in [-0.39, 0.29) is 17.8 Å². The summed E-state index contributed by atoms with van der Waals surface area (Å²) in [5.41, 5.74) is 2.39. The smallest absolute Gasteiger partial charge is 0.241 e. The number of hydrogen-bond donors (Lipinski definition) is 1. The number of nitrogens with one attached hydrogen (secondary N) is 1. The van der Waals surface area contributed by atoms with E-state index in [1.54, 1.807) is 19.1 Å². The number of aryl methyl sites for hydroxylation is 1. The van der Waals surface area contributed by atoms with E-state index in [4.69, 9.17) is 0 Å². The fourth-order valence-corrected chi connectivity index (χ4v) is 3.23. The summed E-state index contributed by atoms with van der Waals surface area (Å²) >= 11 is 0. The Labute approximate surface area is 154 Å². The van der Waals surface area contributed by atoms with E-state index < -0.39 is 0 Å². The summed E-state index contributed by atoms with van der Waals surface area (Å²) in [5, 5.41) is 2.82. The molecule has 1 fully saturated rings. The standard InChI is InChI=1S/C21H26FN3O/c1-16-8-9-19(14-20(16)22)23-21(26)17(2)25-12-10-24(11-13-25)15-18-6-4-3-5-7-18/h3-9,14,17H,10-13,15H2,1-2H3,(H,23,26)/t17-/m0/s1. The van der Waals surface area contributed by atoms with Crippen molar-refractivity contribution in [2.24, 2.45) is 0 Å². The third kappa shape index (κ3) is 4.68. The summed E-state index contributed by atoms with van der Waals surface area (Å²) in [6.07, 6.45) is 0. The minimum atomic E-state index is -0.301. The first-order valence-corrected chi connectivity index (χ1v) is 9.10. The summed E-state index contributed by atoms with van der Waals surface area (Å²) < 4.78 is 13.6. The quantitative estimate of drug-likeness (QED) is 0.894. The molecule has 5 heteroatoms. The molecule has 0 unspecified atom stereocenters. The minimum absolute atomic E-state index is 0.0928. The molecule has 0 aliphatic carbocycles. The predicted molar refractivity (Wildman–Crippen MR) is 103 cm³/mol. The molecule has 1 aliphatic rings. The van der Waals surface area contributed by atoms with Crippen LogP contribution in [0.2, 0.25) is 0 Å². The van der Waals surface area contributed by atoms with Gasteiger partial charge >= 0.3 is 0 Å². The second kappa shape index (κ2) is 8.43. The van der Waals surface area contributed by atoms with Crippen molar-refractivity contribution in [3.8, 4) is 0 Å². The number of halogens is 1. The van der Waals surface area contributed by atoms with Gasteiger partial charge in [0.05, 0.1) is 6.04 Å². The lowest BCUT2D eigenvalue weighted by atomic mass is 10.1. The van der Waals surface area contributed by atoms with Crippen molar-refractivity contribution in [2.75, 3.05) is 31.5 Å². The summed E-state index contributed by atoms with van der Waals surface area (Å²) in [4.78, 5) is 17.1. The number of anilines is 1. The Hall–Kier alpha value is -2.24. The Balaban J connectivity index is 1.50. The first-order valence-electron chi connectivity index (χ1n) is 9.10. The zero-order valence-corrected chi connectivity index (χ0v) is 15.4. The first-order chi connectivity index (χ1) is 12.5. The van der Waals surface area contributed by atoms with Crippen LogP contribution in [-0.2, 0) is 11.3 Å². The van der Waals surface area contributed by atoms with Crippen LogP contribution < -0.4 is 5.32 Å². The molecule has 3 rings (SSSR count). The van der Waals surface area contributed by atoms with Crippen molar-refractivity contribution < 1.29 is 9.18 Å². The van der Waals surface area contributed by atoms with E-state index in [1.165, 1.54) is 11.6 Å². The Bertz CT molecular complexity index is 742. The van der Waals surface area contributed by atoms with Crippen LogP contribution in [0.4, 0.5) is 10.1 Å². The van der Waals surface area contributed by atoms with E-state index in [0.29, 0.717) is 11.3 Å². The number of amides is 1. The van der Waals surface area contributed by atoms with Gasteiger partial charge in [0.25, 0.3) is 0 Å². The molecule has 2 aromatic rings. The molecule has 0 radical (unpaired) electrons. The third-order valence-corrected chi connectivity index (χ3v) is 5.02. The largest absolute Gasteiger partial charge is 0.325 e. The van der Waals surface area contributed by atoms with Gasteiger partial charge in [-0.3, -0.25) is 14.6 Å². The van der Waals surface area contributed by atoms with Gasteiger partial charge in [-0.05, 0) is 37.1 Å². The maximum atomic E-state index is 13.6. The summed E-state index contributed by atoms with van der Waals surface area (Å²) in [6, 6.07) is 15.0. The maximum absolute atomic E-state index is 13.6. The normalized spacial score (nSPS) is 17.0. The monoisotopic (exact) mass is 355 g/mol. The highest BCUT2D eigenvalue weighted by Crippen LogP contribution is 2.16. The molecule has 0 saturated carbocycles. The van der Waals surface area contributed by atoms with Gasteiger partial charge in [0.2, 0.25) is 5.91 Å². The number of rotatable bonds is 5. The molecular formula is C21H26FN3O. The fourth-order valence-electron chi connectivity index (χ4n) is 3.23. The molecule has 4 nitrogen and oxygen atoms in total. The maximum Gasteiger partial charge on any atom is 0.241 e. The molecule has 1 aliphatic heterocycles. The molecule has 0 bridgehead atoms. The lowest BCUT2D eigenvalue weighted by molar-refractivity contribution is -0.121. The molecule has 26 heavy (non-hydrogen) atoms. The van der Waals surface area contributed by atoms with Gasteiger partial charge < -0.3 is 5.32 Å². The summed E-state index contributed by atoms with van der Waals surface area (Å²) in [7, 11) is 0. The zero-order valence-electron chi connectivity index (χ0n) is 15.4. The van der Waals surface area contributed by atoms with Crippen LogP contribution in [0.1, 0.15) is 18.1 Å². The van der Waals surface area contributed by atoms with Gasteiger partial charge in [0, 0.05) is 38.4 Å². The van der Waals surface area contributed by atoms with Crippen LogP contribution in [0.5, 0.6) is 0 Å². The summed E-state index contributed by atoms with van der Waals surface area (Å²) in [5.74, 6) is -0.394. The van der Waals surface area contributed by atoms with Crippen LogP contribution in [0.3, 0.4) is 0 Å². The molecule has 1 N–H and O–H groups in total. The Kier molecular flexibility index (Phi) is 6.01. The number of nitrogens with zero attached hydrogens (tertiary/aromatic N) is 2. The second-order valence-corrected chi connectivity index (χ2v) is 6.93. The number of piperazine rings is 1. The Morgan fingerprint density at radius 3 is 2.46 bits per heavy atom. The molecule has 0 spiro atoms. The second-order valence-electron chi connectivity index (χ2n) is 6.93. The van der Waals surface area contributed by atoms with Crippen molar-refractivity contribution in [3.63, 3.8) is 0 Å². The molecule has 138 valence electrons. The Morgan fingerprint density at radius 1 is 1.12 bits per heavy atom. The summed E-state index contributed by atoms with van der Waals surface area (Å²) in [6.45, 7) is 8.13. The lowest BCUT2D eigenvalue weighted by Crippen LogP contribution is -2.52. The van der Waals surface area contributed by atoms with Gasteiger partial charge in [0.15, 0.2) is 0 Å². The average Bonchev–Trinajstić information content (AvgIpc) is 2.65. The molecule has 1 amide bonds. The van der Waals surface area contributed by atoms with Gasteiger partial charge in [-0.15, -0.1) is 0 Å². The van der Waals surface area contributed by atoms with Crippen LogP contribution in [0.15, 0.2) is 48.5 Å². The number of hydrogen-bond acceptors (Lipinski definition) is 3. The van der Waals surface area contributed by atoms with E-state index in [0.717, 1.165) is 32.7 Å². The highest BCUT2D eigenvalue weighted by Gasteiger charge is 2.25. The molecular weight excluding hydrogens is 329 g/mol. The molecule has 1 heterocycles. The van der Waals surface area contributed by atoms with Crippen molar-refractivity contribution >= 4 is 11.6 Å². The molecule has 1 saturated heterocycles. The topological polar surface area (TPSA) is 35.6 Å². The fraction of sp³-hybridized carbons (Fsp3) is 0.381. The highest BCUT2D eigenvalue weighted by molar-refractivity contribution is 5.94. The van der Waals surface area contributed by atoms with Crippen molar-refractivity contribution in [1.82, 2.24) is 9.80 Å². The Morgan fingerprint density at radius 2 is 1.81 bits per heavy atom. The zero-order chi connectivity index (χ0) is 18.5. The highest BCUT2D eigenvalue weighted by atomic mass is 19.1. The van der Waals surface area contributed by atoms with E-state index in [1.807, 2.05) is 13.0 Å². The van der Waals surface area contributed by atoms with Crippen LogP contribution in [0, 0.1) is 12.7 Å². The molecule has 0 aromatic heterocycles. The third-order valence-electron chi connectivity index (χ3n) is 5.02. The van der Waals surface area contributed by atoms with Crippen LogP contribution in [-0.4, -0.2) is 47.9 Å². The average molecular weight is 355 g/mol. The van der Waals surface area contributed by atoms with Crippen molar-refractivity contribution in [2.45, 2.75) is 26.4 Å². The van der Waals surface area contributed by atoms with Gasteiger partial charge in [-0.25, -0.2) is 4.39 Å². The van der Waals surface area contributed by atoms with E-state index in [9.17, 15) is 9.18 Å². The van der Waals surface area contributed by atoms with E-state index in [2.05, 4.69) is 39.4 Å². The van der Waals surface area contributed by atoms with Crippen LogP contribution in [0.25, 0.3) is 0 Å². The van der Waals surface area contributed by atoms with E-state index >= 15 is 0 Å². The van der Waals surface area contributed by atoms with Crippen molar-refractivity contribution in [1.29, 1.82) is 0 Å². The SMILES string of the molecule is Cc1ccc(NC(=O)[C@H](C)N2CCN(Cc3ccccc3)CC2)cc1F.